The Bertz CT molecular complexity index is 420. The molecule has 1 aromatic carbocycles. The highest BCUT2D eigenvalue weighted by atomic mass is 16.5. The maximum Gasteiger partial charge on any atom is 0.255 e. The first-order valence-electron chi connectivity index (χ1n) is 6.59. The number of ether oxygens (including phenoxy) is 2. The van der Waals surface area contributed by atoms with Crippen LogP contribution in [0.4, 0.5) is 0 Å². The minimum Gasteiger partial charge on any atom is -0.489 e. The van der Waals surface area contributed by atoms with E-state index >= 15 is 0 Å². The third-order valence-electron chi connectivity index (χ3n) is 2.48. The number of carbonyl (C=O) groups is 1. The zero-order valence-electron chi connectivity index (χ0n) is 11.5. The molecule has 0 spiro atoms. The Balaban J connectivity index is 2.40. The molecular weight excluding hydrogens is 258 g/mol. The van der Waals surface area contributed by atoms with Gasteiger partial charge in [0, 0.05) is 13.2 Å². The van der Waals surface area contributed by atoms with Crippen molar-refractivity contribution in [3.63, 3.8) is 0 Å². The highest BCUT2D eigenvalue weighted by Crippen LogP contribution is 2.17. The molecule has 0 bridgehead atoms. The Morgan fingerprint density at radius 3 is 2.90 bits per heavy atom. The summed E-state index contributed by atoms with van der Waals surface area (Å²) in [6.07, 6.45) is 2.33. The van der Waals surface area contributed by atoms with Crippen LogP contribution < -0.4 is 10.1 Å². The first-order chi connectivity index (χ1) is 9.79. The van der Waals surface area contributed by atoms with Crippen molar-refractivity contribution in [2.75, 3.05) is 33.0 Å². The molecule has 0 fully saturated rings. The quantitative estimate of drug-likeness (QED) is 0.501. The van der Waals surface area contributed by atoms with E-state index in [-0.39, 0.29) is 12.5 Å². The second-order valence-electron chi connectivity index (χ2n) is 4.04. The van der Waals surface area contributed by atoms with Gasteiger partial charge < -0.3 is 19.9 Å². The van der Waals surface area contributed by atoms with Crippen LogP contribution >= 0.6 is 0 Å². The van der Waals surface area contributed by atoms with Crippen LogP contribution in [0.5, 0.6) is 5.75 Å². The Morgan fingerprint density at radius 1 is 1.35 bits per heavy atom. The van der Waals surface area contributed by atoms with E-state index in [0.29, 0.717) is 44.1 Å². The van der Waals surface area contributed by atoms with E-state index in [1.807, 2.05) is 6.07 Å². The first-order valence-corrected chi connectivity index (χ1v) is 6.59. The second kappa shape index (κ2) is 10.00. The SMILES string of the molecule is C=CCOc1ccccc1C(=O)NCCCOCCO. The van der Waals surface area contributed by atoms with E-state index in [4.69, 9.17) is 14.6 Å². The summed E-state index contributed by atoms with van der Waals surface area (Å²) < 4.78 is 10.5. The number of para-hydroxylation sites is 1. The van der Waals surface area contributed by atoms with Crippen molar-refractivity contribution in [2.45, 2.75) is 6.42 Å². The van der Waals surface area contributed by atoms with Crippen LogP contribution in [-0.4, -0.2) is 44.0 Å². The van der Waals surface area contributed by atoms with Gasteiger partial charge >= 0.3 is 0 Å². The summed E-state index contributed by atoms with van der Waals surface area (Å²) in [6.45, 7) is 5.30. The van der Waals surface area contributed by atoms with E-state index in [9.17, 15) is 4.79 Å². The number of aliphatic hydroxyl groups is 1. The summed E-state index contributed by atoms with van der Waals surface area (Å²) in [5.41, 5.74) is 0.505. The van der Waals surface area contributed by atoms with Crippen LogP contribution in [-0.2, 0) is 4.74 Å². The van der Waals surface area contributed by atoms with Gasteiger partial charge in [-0.2, -0.15) is 0 Å². The van der Waals surface area contributed by atoms with Crippen LogP contribution in [0.15, 0.2) is 36.9 Å². The fraction of sp³-hybridized carbons (Fsp3) is 0.400. The van der Waals surface area contributed by atoms with E-state index in [1.165, 1.54) is 0 Å². The lowest BCUT2D eigenvalue weighted by atomic mass is 10.2. The van der Waals surface area contributed by atoms with Gasteiger partial charge in [-0.1, -0.05) is 24.8 Å². The lowest BCUT2D eigenvalue weighted by Crippen LogP contribution is -2.26. The molecule has 20 heavy (non-hydrogen) atoms. The van der Waals surface area contributed by atoms with Crippen molar-refractivity contribution in [3.05, 3.63) is 42.5 Å². The van der Waals surface area contributed by atoms with Gasteiger partial charge in [-0.05, 0) is 18.6 Å². The number of amides is 1. The molecule has 2 N–H and O–H groups in total. The molecule has 0 aliphatic rings. The van der Waals surface area contributed by atoms with Crippen LogP contribution in [0.25, 0.3) is 0 Å². The van der Waals surface area contributed by atoms with Crippen molar-refractivity contribution in [3.8, 4) is 5.75 Å². The molecule has 0 aliphatic carbocycles. The lowest BCUT2D eigenvalue weighted by Gasteiger charge is -2.10. The number of benzene rings is 1. The molecule has 1 aromatic rings. The number of rotatable bonds is 10. The average molecular weight is 279 g/mol. The van der Waals surface area contributed by atoms with E-state index in [0.717, 1.165) is 0 Å². The van der Waals surface area contributed by atoms with Crippen LogP contribution in [0.3, 0.4) is 0 Å². The molecule has 0 heterocycles. The van der Waals surface area contributed by atoms with Gasteiger partial charge in [0.25, 0.3) is 5.91 Å². The highest BCUT2D eigenvalue weighted by molar-refractivity contribution is 5.96. The normalized spacial score (nSPS) is 10.1. The monoisotopic (exact) mass is 279 g/mol. The van der Waals surface area contributed by atoms with Gasteiger partial charge in [0.1, 0.15) is 12.4 Å². The summed E-state index contributed by atoms with van der Waals surface area (Å²) >= 11 is 0. The predicted octanol–water partition coefficient (Wildman–Crippen LogP) is 1.38. The minimum absolute atomic E-state index is 0.0143. The zero-order valence-corrected chi connectivity index (χ0v) is 11.5. The van der Waals surface area contributed by atoms with Gasteiger partial charge in [0.15, 0.2) is 0 Å². The van der Waals surface area contributed by atoms with Gasteiger partial charge in [-0.3, -0.25) is 4.79 Å². The van der Waals surface area contributed by atoms with Crippen LogP contribution in [0.2, 0.25) is 0 Å². The van der Waals surface area contributed by atoms with Crippen molar-refractivity contribution in [2.24, 2.45) is 0 Å². The molecule has 0 saturated heterocycles. The maximum absolute atomic E-state index is 12.0. The van der Waals surface area contributed by atoms with Crippen molar-refractivity contribution < 1.29 is 19.4 Å². The molecule has 110 valence electrons. The predicted molar refractivity (Wildman–Crippen MR) is 77.0 cm³/mol. The van der Waals surface area contributed by atoms with Crippen molar-refractivity contribution in [1.82, 2.24) is 5.32 Å². The van der Waals surface area contributed by atoms with Gasteiger partial charge in [-0.15, -0.1) is 0 Å². The van der Waals surface area contributed by atoms with Gasteiger partial charge in [0.2, 0.25) is 0 Å². The molecule has 0 atom stereocenters. The number of hydrogen-bond acceptors (Lipinski definition) is 4. The minimum atomic E-state index is -0.174. The zero-order chi connectivity index (χ0) is 14.6. The summed E-state index contributed by atoms with van der Waals surface area (Å²) in [6, 6.07) is 7.08. The number of aliphatic hydroxyl groups excluding tert-OH is 1. The van der Waals surface area contributed by atoms with Crippen molar-refractivity contribution >= 4 is 5.91 Å². The molecule has 5 nitrogen and oxygen atoms in total. The van der Waals surface area contributed by atoms with Gasteiger partial charge in [0.05, 0.1) is 18.8 Å². The molecule has 0 aliphatic heterocycles. The Labute approximate surface area is 119 Å². The Kier molecular flexibility index (Phi) is 8.10. The lowest BCUT2D eigenvalue weighted by molar-refractivity contribution is 0.0866. The maximum atomic E-state index is 12.0. The molecule has 1 amide bonds. The highest BCUT2D eigenvalue weighted by Gasteiger charge is 2.10. The standard InChI is InChI=1S/C15H21NO4/c1-2-10-20-14-7-4-3-6-13(14)15(18)16-8-5-11-19-12-9-17/h2-4,6-7,17H,1,5,8-12H2,(H,16,18). The number of nitrogens with one attached hydrogen (secondary N) is 1. The largest absolute Gasteiger partial charge is 0.489 e. The molecular formula is C15H21NO4. The third kappa shape index (κ3) is 5.86. The number of hydrogen-bond donors (Lipinski definition) is 2. The third-order valence-corrected chi connectivity index (χ3v) is 2.48. The summed E-state index contributed by atoms with van der Waals surface area (Å²) in [5, 5.41) is 11.4. The molecule has 0 saturated carbocycles. The molecule has 0 unspecified atom stereocenters. The average Bonchev–Trinajstić information content (AvgIpc) is 2.48. The molecule has 5 heteroatoms. The molecule has 0 aromatic heterocycles. The summed E-state index contributed by atoms with van der Waals surface area (Å²) in [7, 11) is 0. The number of carbonyl (C=O) groups excluding carboxylic acids is 1. The molecule has 1 rings (SSSR count). The van der Waals surface area contributed by atoms with E-state index in [1.54, 1.807) is 24.3 Å². The topological polar surface area (TPSA) is 67.8 Å². The Morgan fingerprint density at radius 2 is 2.15 bits per heavy atom. The second-order valence-corrected chi connectivity index (χ2v) is 4.04. The summed E-state index contributed by atoms with van der Waals surface area (Å²) in [5.74, 6) is 0.369. The smallest absolute Gasteiger partial charge is 0.255 e. The Hall–Kier alpha value is -1.85. The molecule has 0 radical (unpaired) electrons. The summed E-state index contributed by atoms with van der Waals surface area (Å²) in [4.78, 5) is 12.0. The fourth-order valence-electron chi connectivity index (χ4n) is 1.57. The van der Waals surface area contributed by atoms with Crippen LogP contribution in [0.1, 0.15) is 16.8 Å². The fourth-order valence-corrected chi connectivity index (χ4v) is 1.57. The van der Waals surface area contributed by atoms with E-state index < -0.39 is 0 Å². The van der Waals surface area contributed by atoms with Crippen molar-refractivity contribution in [1.29, 1.82) is 0 Å². The van der Waals surface area contributed by atoms with Crippen LogP contribution in [0, 0.1) is 0 Å². The first kappa shape index (κ1) is 16.2. The van der Waals surface area contributed by atoms with E-state index in [2.05, 4.69) is 11.9 Å². The van der Waals surface area contributed by atoms with Gasteiger partial charge in [-0.25, -0.2) is 0 Å².